The fourth-order valence-corrected chi connectivity index (χ4v) is 11.5. The Morgan fingerprint density at radius 1 is 0.375 bits per heavy atom. The van der Waals surface area contributed by atoms with Crippen molar-refractivity contribution in [3.63, 3.8) is 0 Å². The number of nitrogens with zero attached hydrogens (tertiary/aromatic N) is 1. The van der Waals surface area contributed by atoms with Crippen LogP contribution < -0.4 is 4.90 Å². The molecule has 1 heteroatoms. The zero-order chi connectivity index (χ0) is 43.0. The molecule has 0 atom stereocenters. The van der Waals surface area contributed by atoms with E-state index >= 15 is 0 Å². The van der Waals surface area contributed by atoms with Crippen molar-refractivity contribution in [2.24, 2.45) is 0 Å². The van der Waals surface area contributed by atoms with Crippen LogP contribution in [0.25, 0.3) is 76.8 Å². The molecule has 12 rings (SSSR count). The molecule has 1 fully saturated rings. The first kappa shape index (κ1) is 38.5. The van der Waals surface area contributed by atoms with Crippen molar-refractivity contribution in [2.45, 2.75) is 57.3 Å². The summed E-state index contributed by atoms with van der Waals surface area (Å²) >= 11 is 0. The van der Waals surface area contributed by atoms with Crippen LogP contribution in [0.15, 0.2) is 206 Å². The van der Waals surface area contributed by atoms with Gasteiger partial charge in [0.25, 0.3) is 0 Å². The van der Waals surface area contributed by atoms with Crippen molar-refractivity contribution >= 4 is 49.4 Å². The Labute approximate surface area is 377 Å². The van der Waals surface area contributed by atoms with Gasteiger partial charge in [-0.15, -0.1) is 0 Å². The predicted octanol–water partition coefficient (Wildman–Crippen LogP) is 17.8. The lowest BCUT2D eigenvalue weighted by molar-refractivity contribution is 0.550. The van der Waals surface area contributed by atoms with Gasteiger partial charge in [0.2, 0.25) is 0 Å². The van der Waals surface area contributed by atoms with Crippen LogP contribution in [0.4, 0.5) is 17.1 Å². The quantitative estimate of drug-likeness (QED) is 0.151. The average molecular weight is 822 g/mol. The number of rotatable bonds is 6. The van der Waals surface area contributed by atoms with Crippen molar-refractivity contribution in [3.8, 4) is 44.5 Å². The molecule has 10 aromatic rings. The Hall–Kier alpha value is -7.22. The summed E-state index contributed by atoms with van der Waals surface area (Å²) in [6.45, 7) is 6.90. The minimum absolute atomic E-state index is 0.0498. The van der Waals surface area contributed by atoms with Crippen LogP contribution in [-0.4, -0.2) is 0 Å². The third-order valence-electron chi connectivity index (χ3n) is 14.5. The average Bonchev–Trinajstić information content (AvgIpc) is 3.95. The zero-order valence-electron chi connectivity index (χ0n) is 36.9. The van der Waals surface area contributed by atoms with E-state index in [2.05, 4.69) is 232 Å². The Morgan fingerprint density at radius 2 is 0.906 bits per heavy atom. The van der Waals surface area contributed by atoms with Gasteiger partial charge in [-0.1, -0.05) is 197 Å². The number of hydrogen-bond donors (Lipinski definition) is 0. The summed E-state index contributed by atoms with van der Waals surface area (Å²) in [4.78, 5) is 2.52. The van der Waals surface area contributed by atoms with E-state index in [0.717, 1.165) is 11.4 Å². The standard InChI is InChI=1S/C63H51N/c1-62(2,3)45-29-31-46(32-30-45)64(48-33-35-51-50-26-15-16-28-57(50)63(58(51)40-48)37-17-18-38-63)47-34-36-53-56(39-47)49-25-13-14-27-52(49)60-55(43-21-9-5-10-22-43)41-54(42-19-7-4-8-20-42)59(61(53)60)44-23-11-6-12-24-44/h4-16,19-36,39-41H,17-18,37-38H2,1-3H3. The van der Waals surface area contributed by atoms with Gasteiger partial charge in [-0.2, -0.15) is 0 Å². The van der Waals surface area contributed by atoms with E-state index in [0.29, 0.717) is 0 Å². The van der Waals surface area contributed by atoms with Crippen molar-refractivity contribution in [3.05, 3.63) is 223 Å². The maximum absolute atomic E-state index is 2.55. The molecule has 0 N–H and O–H groups in total. The van der Waals surface area contributed by atoms with Crippen molar-refractivity contribution in [2.75, 3.05) is 4.90 Å². The van der Waals surface area contributed by atoms with E-state index < -0.39 is 0 Å². The fourth-order valence-electron chi connectivity index (χ4n) is 11.5. The highest BCUT2D eigenvalue weighted by Gasteiger charge is 2.45. The molecule has 2 aliphatic rings. The molecule has 308 valence electrons. The predicted molar refractivity (Wildman–Crippen MR) is 273 cm³/mol. The number of hydrogen-bond acceptors (Lipinski definition) is 1. The van der Waals surface area contributed by atoms with Gasteiger partial charge in [0, 0.05) is 22.5 Å². The molecular weight excluding hydrogens is 771 g/mol. The summed E-state index contributed by atoms with van der Waals surface area (Å²) in [5.74, 6) is 0. The van der Waals surface area contributed by atoms with Gasteiger partial charge in [0.1, 0.15) is 0 Å². The molecule has 1 saturated carbocycles. The van der Waals surface area contributed by atoms with E-state index in [9.17, 15) is 0 Å². The second-order valence-electron chi connectivity index (χ2n) is 19.2. The molecule has 1 nitrogen and oxygen atoms in total. The highest BCUT2D eigenvalue weighted by atomic mass is 15.1. The summed E-state index contributed by atoms with van der Waals surface area (Å²) in [5, 5.41) is 7.59. The molecule has 2 aliphatic carbocycles. The smallest absolute Gasteiger partial charge is 0.0468 e. The van der Waals surface area contributed by atoms with Gasteiger partial charge in [0.15, 0.2) is 0 Å². The van der Waals surface area contributed by atoms with Crippen LogP contribution in [0.5, 0.6) is 0 Å². The topological polar surface area (TPSA) is 3.24 Å². The summed E-state index contributed by atoms with van der Waals surface area (Å²) in [5.41, 5.74) is 18.2. The number of anilines is 3. The van der Waals surface area contributed by atoms with Crippen molar-refractivity contribution in [1.82, 2.24) is 0 Å². The summed E-state index contributed by atoms with van der Waals surface area (Å²) in [6, 6.07) is 77.7. The molecule has 0 saturated heterocycles. The number of fused-ring (bicyclic) bond motifs is 11. The Kier molecular flexibility index (Phi) is 8.99. The van der Waals surface area contributed by atoms with Gasteiger partial charge >= 0.3 is 0 Å². The molecular formula is C63H51N. The monoisotopic (exact) mass is 821 g/mol. The Bertz CT molecular complexity index is 3390. The molecule has 0 unspecified atom stereocenters. The lowest BCUT2D eigenvalue weighted by Crippen LogP contribution is -2.21. The van der Waals surface area contributed by atoms with E-state index in [4.69, 9.17) is 0 Å². The Balaban J connectivity index is 1.17. The first-order chi connectivity index (χ1) is 31.4. The third kappa shape index (κ3) is 6.05. The van der Waals surface area contributed by atoms with Gasteiger partial charge in [-0.3, -0.25) is 0 Å². The maximum atomic E-state index is 2.55. The molecule has 0 heterocycles. The summed E-state index contributed by atoms with van der Waals surface area (Å²) < 4.78 is 0. The maximum Gasteiger partial charge on any atom is 0.0468 e. The van der Waals surface area contributed by atoms with Gasteiger partial charge < -0.3 is 4.90 Å². The minimum Gasteiger partial charge on any atom is -0.310 e. The van der Waals surface area contributed by atoms with Gasteiger partial charge in [-0.25, -0.2) is 0 Å². The second kappa shape index (κ2) is 15.0. The molecule has 0 aliphatic heterocycles. The van der Waals surface area contributed by atoms with Gasteiger partial charge in [-0.05, 0) is 154 Å². The van der Waals surface area contributed by atoms with Crippen LogP contribution in [0.1, 0.15) is 63.1 Å². The van der Waals surface area contributed by atoms with Gasteiger partial charge in [0.05, 0.1) is 0 Å². The van der Waals surface area contributed by atoms with Crippen LogP contribution in [0.3, 0.4) is 0 Å². The highest BCUT2D eigenvalue weighted by Crippen LogP contribution is 2.58. The zero-order valence-corrected chi connectivity index (χ0v) is 36.9. The van der Waals surface area contributed by atoms with Crippen molar-refractivity contribution in [1.29, 1.82) is 0 Å². The Morgan fingerprint density at radius 3 is 1.59 bits per heavy atom. The number of benzene rings is 10. The molecule has 0 aromatic heterocycles. The van der Waals surface area contributed by atoms with E-state index in [1.54, 1.807) is 0 Å². The fraction of sp³-hybridized carbons (Fsp3) is 0.143. The van der Waals surface area contributed by atoms with Crippen molar-refractivity contribution < 1.29 is 0 Å². The second-order valence-corrected chi connectivity index (χ2v) is 19.2. The molecule has 10 aromatic carbocycles. The molecule has 0 radical (unpaired) electrons. The first-order valence-electron chi connectivity index (χ1n) is 23.1. The normalized spacial score (nSPS) is 14.0. The van der Waals surface area contributed by atoms with Crippen LogP contribution >= 0.6 is 0 Å². The molecule has 1 spiro atoms. The summed E-state index contributed by atoms with van der Waals surface area (Å²) in [6.07, 6.45) is 4.94. The third-order valence-corrected chi connectivity index (χ3v) is 14.5. The van der Waals surface area contributed by atoms with Crippen LogP contribution in [0.2, 0.25) is 0 Å². The van der Waals surface area contributed by atoms with Crippen LogP contribution in [0, 0.1) is 0 Å². The molecule has 64 heavy (non-hydrogen) atoms. The molecule has 0 bridgehead atoms. The SMILES string of the molecule is CC(C)(C)c1ccc(N(c2ccc3c(c2)C2(CCCC2)c2ccccc2-3)c2ccc3c(c2)c2ccccc2c2c(-c4ccccc4)cc(-c4ccccc4)c(-c4ccccc4)c32)cc1. The minimum atomic E-state index is 0.0498. The van der Waals surface area contributed by atoms with E-state index in [1.807, 2.05) is 0 Å². The molecule has 0 amide bonds. The highest BCUT2D eigenvalue weighted by molar-refractivity contribution is 6.33. The lowest BCUT2D eigenvalue weighted by Gasteiger charge is -2.30. The summed E-state index contributed by atoms with van der Waals surface area (Å²) in [7, 11) is 0. The van der Waals surface area contributed by atoms with Crippen LogP contribution in [-0.2, 0) is 10.8 Å². The van der Waals surface area contributed by atoms with E-state index in [-0.39, 0.29) is 10.8 Å². The first-order valence-corrected chi connectivity index (χ1v) is 23.1. The van der Waals surface area contributed by atoms with E-state index in [1.165, 1.54) is 125 Å². The largest absolute Gasteiger partial charge is 0.310 e. The lowest BCUT2D eigenvalue weighted by atomic mass is 9.76.